The third-order valence-corrected chi connectivity index (χ3v) is 6.17. The van der Waals surface area contributed by atoms with E-state index in [0.29, 0.717) is 17.1 Å². The first-order chi connectivity index (χ1) is 19.7. The van der Waals surface area contributed by atoms with E-state index in [1.807, 2.05) is 6.92 Å². The van der Waals surface area contributed by atoms with Crippen LogP contribution in [-0.2, 0) is 9.59 Å². The van der Waals surface area contributed by atoms with Crippen LogP contribution in [0.1, 0.15) is 5.56 Å². The molecule has 2 aromatic carbocycles. The van der Waals surface area contributed by atoms with Gasteiger partial charge >= 0.3 is 11.4 Å². The lowest BCUT2D eigenvalue weighted by Crippen LogP contribution is -2.39. The summed E-state index contributed by atoms with van der Waals surface area (Å²) in [6, 6.07) is 16.2. The molecule has 0 amide bonds. The number of nitrogen functional groups attached to an aromatic ring is 2. The van der Waals surface area contributed by atoms with Gasteiger partial charge in [-0.1, -0.05) is 17.7 Å². The Morgan fingerprint density at radius 2 is 1.07 bits per heavy atom. The van der Waals surface area contributed by atoms with E-state index >= 15 is 0 Å². The molecule has 41 heavy (non-hydrogen) atoms. The van der Waals surface area contributed by atoms with Crippen molar-refractivity contribution in [1.82, 2.24) is 19.1 Å². The van der Waals surface area contributed by atoms with Gasteiger partial charge in [0.2, 0.25) is 11.6 Å². The first kappa shape index (κ1) is 26.6. The maximum atomic E-state index is 14.3. The lowest BCUT2D eigenvalue weighted by atomic mass is 9.97. The van der Waals surface area contributed by atoms with Gasteiger partial charge in [0.1, 0.15) is 40.2 Å². The number of rotatable bonds is 7. The molecule has 1 aliphatic rings. The number of ether oxygens (including phenoxy) is 1. The Morgan fingerprint density at radius 3 is 1.46 bits per heavy atom. The van der Waals surface area contributed by atoms with Crippen molar-refractivity contribution in [1.29, 1.82) is 0 Å². The van der Waals surface area contributed by atoms with Gasteiger partial charge in [-0.2, -0.15) is 9.97 Å². The fourth-order valence-electron chi connectivity index (χ4n) is 4.14. The van der Waals surface area contributed by atoms with Crippen molar-refractivity contribution in [2.45, 2.75) is 6.92 Å². The third-order valence-electron chi connectivity index (χ3n) is 6.17. The highest BCUT2D eigenvalue weighted by Gasteiger charge is 2.38. The van der Waals surface area contributed by atoms with E-state index in [-0.39, 0.29) is 34.4 Å². The Bertz CT molecular complexity index is 1870. The summed E-state index contributed by atoms with van der Waals surface area (Å²) >= 11 is 0. The summed E-state index contributed by atoms with van der Waals surface area (Å²) < 4.78 is 7.03. The smallest absolute Gasteiger partial charge is 0.354 e. The standard InChI is InChI=1S/C28H24N8O5/c1-15-3-5-16(6-4-15)31-21-23(35-13-11-19(29)33-27(35)39)26(38)22(32-17-7-9-18(41-2)10-8-17)24(25(21)37)36-14-12-20(30)34-28(36)40/h3-14,31-32H,1-2H3,(H2,29,33,39)(H2,30,34,40). The summed E-state index contributed by atoms with van der Waals surface area (Å²) in [4.78, 5) is 61.9. The molecule has 0 aliphatic heterocycles. The zero-order valence-electron chi connectivity index (χ0n) is 21.9. The molecule has 4 aromatic rings. The van der Waals surface area contributed by atoms with Gasteiger partial charge in [0.15, 0.2) is 0 Å². The molecule has 0 saturated carbocycles. The maximum absolute atomic E-state index is 14.3. The largest absolute Gasteiger partial charge is 0.497 e. The third kappa shape index (κ3) is 5.18. The van der Waals surface area contributed by atoms with Crippen LogP contribution in [0.4, 0.5) is 23.0 Å². The minimum atomic E-state index is -0.889. The van der Waals surface area contributed by atoms with E-state index in [0.717, 1.165) is 14.7 Å². The Balaban J connectivity index is 1.77. The Morgan fingerprint density at radius 1 is 0.659 bits per heavy atom. The molecule has 13 nitrogen and oxygen atoms in total. The molecule has 0 saturated heterocycles. The SMILES string of the molecule is COc1ccc(NC2=C(n3ccc(N)nc3=O)C(=O)C(Nc3ccc(C)cc3)=C(n3ccc(N)nc3=O)C2=O)cc1. The number of nitrogens with zero attached hydrogens (tertiary/aromatic N) is 4. The van der Waals surface area contributed by atoms with Gasteiger partial charge in [-0.15, -0.1) is 0 Å². The highest BCUT2D eigenvalue weighted by molar-refractivity contribution is 6.45. The van der Waals surface area contributed by atoms with Crippen LogP contribution in [0, 0.1) is 6.92 Å². The molecule has 6 N–H and O–H groups in total. The van der Waals surface area contributed by atoms with Crippen LogP contribution in [-0.4, -0.2) is 37.8 Å². The molecule has 1 aliphatic carbocycles. The summed E-state index contributed by atoms with van der Waals surface area (Å²) in [5.41, 5.74) is 10.2. The second-order valence-electron chi connectivity index (χ2n) is 8.96. The topological polar surface area (TPSA) is 189 Å². The number of ketones is 2. The Kier molecular flexibility index (Phi) is 6.91. The number of benzene rings is 2. The Labute approximate surface area is 232 Å². The second kappa shape index (κ2) is 10.6. The number of nitrogens with one attached hydrogen (secondary N) is 2. The molecule has 13 heteroatoms. The van der Waals surface area contributed by atoms with E-state index in [1.165, 1.54) is 31.6 Å². The number of hydrogen-bond acceptors (Lipinski definition) is 11. The van der Waals surface area contributed by atoms with Crippen LogP contribution >= 0.6 is 0 Å². The van der Waals surface area contributed by atoms with E-state index < -0.39 is 22.9 Å². The van der Waals surface area contributed by atoms with Gasteiger partial charge < -0.3 is 26.8 Å². The van der Waals surface area contributed by atoms with E-state index in [4.69, 9.17) is 16.2 Å². The van der Waals surface area contributed by atoms with Crippen molar-refractivity contribution in [2.24, 2.45) is 0 Å². The van der Waals surface area contributed by atoms with Crippen LogP contribution in [0.25, 0.3) is 11.4 Å². The number of allylic oxidation sites excluding steroid dienone is 2. The van der Waals surface area contributed by atoms with Gasteiger partial charge in [-0.05, 0) is 55.5 Å². The molecule has 0 atom stereocenters. The molecular formula is C28H24N8O5. The number of Topliss-reactive ketones (excluding diaryl/α,β-unsaturated/α-hetero) is 2. The summed E-state index contributed by atoms with van der Waals surface area (Å²) in [5, 5.41) is 5.90. The Hall–Kier alpha value is -5.98. The predicted molar refractivity (Wildman–Crippen MR) is 154 cm³/mol. The fourth-order valence-corrected chi connectivity index (χ4v) is 4.14. The van der Waals surface area contributed by atoms with E-state index in [1.54, 1.807) is 48.5 Å². The fraction of sp³-hybridized carbons (Fsp3) is 0.0714. The number of carbonyl (C=O) groups is 2. The van der Waals surface area contributed by atoms with Crippen LogP contribution < -0.4 is 38.2 Å². The van der Waals surface area contributed by atoms with Crippen LogP contribution in [0.15, 0.2) is 94.0 Å². The first-order valence-corrected chi connectivity index (χ1v) is 12.2. The van der Waals surface area contributed by atoms with E-state index in [9.17, 15) is 19.2 Å². The molecule has 0 spiro atoms. The predicted octanol–water partition coefficient (Wildman–Crippen LogP) is 1.69. The lowest BCUT2D eigenvalue weighted by molar-refractivity contribution is -0.114. The van der Waals surface area contributed by atoms with Gasteiger partial charge in [0.25, 0.3) is 0 Å². The molecule has 0 radical (unpaired) electrons. The molecule has 0 unspecified atom stereocenters. The molecular weight excluding hydrogens is 528 g/mol. The number of anilines is 4. The van der Waals surface area contributed by atoms with E-state index in [2.05, 4.69) is 20.6 Å². The van der Waals surface area contributed by atoms with Crippen molar-refractivity contribution in [3.63, 3.8) is 0 Å². The number of methoxy groups -OCH3 is 1. The van der Waals surface area contributed by atoms with Crippen LogP contribution in [0.5, 0.6) is 5.75 Å². The highest BCUT2D eigenvalue weighted by atomic mass is 16.5. The summed E-state index contributed by atoms with van der Waals surface area (Å²) in [6.07, 6.45) is 2.49. The highest BCUT2D eigenvalue weighted by Crippen LogP contribution is 2.32. The molecule has 206 valence electrons. The number of aromatic nitrogens is 4. The zero-order chi connectivity index (χ0) is 29.3. The molecule has 0 fully saturated rings. The average Bonchev–Trinajstić information content (AvgIpc) is 2.94. The normalized spacial score (nSPS) is 13.4. The summed E-state index contributed by atoms with van der Waals surface area (Å²) in [5.74, 6) is -1.16. The average molecular weight is 553 g/mol. The quantitative estimate of drug-likeness (QED) is 0.244. The summed E-state index contributed by atoms with van der Waals surface area (Å²) in [7, 11) is 1.50. The van der Waals surface area contributed by atoms with Crippen molar-refractivity contribution in [3.05, 3.63) is 111 Å². The number of hydrogen-bond donors (Lipinski definition) is 4. The number of aryl methyl sites for hydroxylation is 1. The van der Waals surface area contributed by atoms with Crippen LogP contribution in [0.2, 0.25) is 0 Å². The summed E-state index contributed by atoms with van der Waals surface area (Å²) in [6.45, 7) is 1.89. The minimum Gasteiger partial charge on any atom is -0.497 e. The molecule has 2 aromatic heterocycles. The van der Waals surface area contributed by atoms with Gasteiger partial charge in [0, 0.05) is 23.8 Å². The molecule has 2 heterocycles. The molecule has 5 rings (SSSR count). The van der Waals surface area contributed by atoms with Crippen LogP contribution in [0.3, 0.4) is 0 Å². The maximum Gasteiger partial charge on any atom is 0.354 e. The van der Waals surface area contributed by atoms with Crippen molar-refractivity contribution in [2.75, 3.05) is 29.2 Å². The van der Waals surface area contributed by atoms with Crippen molar-refractivity contribution >= 4 is 46.0 Å². The number of carbonyl (C=O) groups excluding carboxylic acids is 2. The van der Waals surface area contributed by atoms with Gasteiger partial charge in [-0.3, -0.25) is 18.7 Å². The number of nitrogens with two attached hydrogens (primary N) is 2. The van der Waals surface area contributed by atoms with Crippen molar-refractivity contribution < 1.29 is 14.3 Å². The second-order valence-corrected chi connectivity index (χ2v) is 8.96. The van der Waals surface area contributed by atoms with Gasteiger partial charge in [-0.25, -0.2) is 9.59 Å². The lowest BCUT2D eigenvalue weighted by Gasteiger charge is -2.26. The zero-order valence-corrected chi connectivity index (χ0v) is 21.9. The monoisotopic (exact) mass is 552 g/mol. The first-order valence-electron chi connectivity index (χ1n) is 12.2. The van der Waals surface area contributed by atoms with Gasteiger partial charge in [0.05, 0.1) is 7.11 Å². The molecule has 0 bridgehead atoms. The van der Waals surface area contributed by atoms with Crippen molar-refractivity contribution in [3.8, 4) is 5.75 Å². The minimum absolute atomic E-state index is 0.0678.